The van der Waals surface area contributed by atoms with Gasteiger partial charge in [0.05, 0.1) is 30.8 Å². The van der Waals surface area contributed by atoms with Gasteiger partial charge in [-0.2, -0.15) is 15.2 Å². The van der Waals surface area contributed by atoms with Crippen molar-refractivity contribution in [3.05, 3.63) is 66.4 Å². The summed E-state index contributed by atoms with van der Waals surface area (Å²) in [4.78, 5) is 30.8. The van der Waals surface area contributed by atoms with Crippen LogP contribution in [0.4, 0.5) is 11.5 Å². The number of fused-ring (bicyclic) bond motifs is 2. The fourth-order valence-corrected chi connectivity index (χ4v) is 5.86. The van der Waals surface area contributed by atoms with E-state index >= 15 is 0 Å². The van der Waals surface area contributed by atoms with E-state index in [-0.39, 0.29) is 24.5 Å². The SMILES string of the molecule is C=CC(=O)N1CCN(c2nc(O[C@H](C)CN(C)C)nc3c2CCN(c2cccc4ccccc24)C3)CC1CC#N. The van der Waals surface area contributed by atoms with Gasteiger partial charge in [0.1, 0.15) is 11.9 Å². The Hall–Kier alpha value is -4.16. The molecule has 0 bridgehead atoms. The molecule has 3 aromatic rings. The Balaban J connectivity index is 1.50. The van der Waals surface area contributed by atoms with Crippen LogP contribution in [0.15, 0.2) is 55.1 Å². The van der Waals surface area contributed by atoms with Crippen molar-refractivity contribution in [3.8, 4) is 12.1 Å². The Morgan fingerprint density at radius 3 is 2.75 bits per heavy atom. The molecule has 2 aliphatic heterocycles. The van der Waals surface area contributed by atoms with Gasteiger partial charge in [-0.1, -0.05) is 43.0 Å². The molecule has 0 spiro atoms. The van der Waals surface area contributed by atoms with Gasteiger partial charge in [0.15, 0.2) is 0 Å². The molecule has 2 aliphatic rings. The topological polar surface area (TPSA) is 88.8 Å². The molecule has 208 valence electrons. The number of nitriles is 1. The third-order valence-electron chi connectivity index (χ3n) is 7.63. The number of anilines is 2. The number of piperazine rings is 1. The first-order valence-corrected chi connectivity index (χ1v) is 13.9. The van der Waals surface area contributed by atoms with Gasteiger partial charge in [-0.15, -0.1) is 0 Å². The van der Waals surface area contributed by atoms with Gasteiger partial charge in [0.2, 0.25) is 5.91 Å². The number of rotatable bonds is 8. The van der Waals surface area contributed by atoms with Crippen molar-refractivity contribution in [1.82, 2.24) is 19.8 Å². The van der Waals surface area contributed by atoms with Crippen molar-refractivity contribution in [1.29, 1.82) is 5.26 Å². The molecular weight excluding hydrogens is 502 g/mol. The minimum absolute atomic E-state index is 0.0907. The largest absolute Gasteiger partial charge is 0.459 e. The summed E-state index contributed by atoms with van der Waals surface area (Å²) in [6, 6.07) is 17.3. The van der Waals surface area contributed by atoms with E-state index in [4.69, 9.17) is 14.7 Å². The first-order valence-electron chi connectivity index (χ1n) is 13.9. The zero-order valence-corrected chi connectivity index (χ0v) is 23.6. The molecular formula is C31H37N7O2. The number of amides is 1. The number of carbonyl (C=O) groups is 1. The number of likely N-dealkylation sites (N-methyl/N-ethyl adjacent to an activating group) is 1. The maximum atomic E-state index is 12.5. The van der Waals surface area contributed by atoms with E-state index < -0.39 is 0 Å². The van der Waals surface area contributed by atoms with Gasteiger partial charge in [-0.25, -0.2) is 0 Å². The van der Waals surface area contributed by atoms with E-state index in [9.17, 15) is 10.1 Å². The number of aromatic nitrogens is 2. The Kier molecular flexibility index (Phi) is 8.17. The molecule has 40 heavy (non-hydrogen) atoms. The molecule has 5 rings (SSSR count). The summed E-state index contributed by atoms with van der Waals surface area (Å²) in [6.07, 6.45) is 2.27. The van der Waals surface area contributed by atoms with E-state index in [0.717, 1.165) is 36.6 Å². The number of hydrogen-bond acceptors (Lipinski definition) is 8. The maximum Gasteiger partial charge on any atom is 0.318 e. The van der Waals surface area contributed by atoms with Crippen molar-refractivity contribution in [3.63, 3.8) is 0 Å². The fraction of sp³-hybridized carbons (Fsp3) is 0.419. The smallest absolute Gasteiger partial charge is 0.318 e. The van der Waals surface area contributed by atoms with E-state index in [1.807, 2.05) is 21.0 Å². The molecule has 1 amide bonds. The van der Waals surface area contributed by atoms with Crippen molar-refractivity contribution in [2.45, 2.75) is 38.5 Å². The van der Waals surface area contributed by atoms with Crippen LogP contribution in [0.5, 0.6) is 6.01 Å². The average Bonchev–Trinajstić information content (AvgIpc) is 2.95. The van der Waals surface area contributed by atoms with Gasteiger partial charge in [-0.3, -0.25) is 4.79 Å². The molecule has 0 N–H and O–H groups in total. The summed E-state index contributed by atoms with van der Waals surface area (Å²) in [7, 11) is 4.03. The quantitative estimate of drug-likeness (QED) is 0.401. The van der Waals surface area contributed by atoms with Crippen LogP contribution in [0, 0.1) is 11.3 Å². The van der Waals surface area contributed by atoms with Gasteiger partial charge < -0.3 is 24.3 Å². The third-order valence-corrected chi connectivity index (χ3v) is 7.63. The molecule has 2 atom stereocenters. The summed E-state index contributed by atoms with van der Waals surface area (Å²) in [5, 5.41) is 11.9. The van der Waals surface area contributed by atoms with Gasteiger partial charge in [-0.05, 0) is 45.0 Å². The van der Waals surface area contributed by atoms with Crippen LogP contribution in [0.1, 0.15) is 24.6 Å². The normalized spacial score (nSPS) is 17.9. The molecule has 0 saturated carbocycles. The lowest BCUT2D eigenvalue weighted by molar-refractivity contribution is -0.128. The first-order chi connectivity index (χ1) is 19.4. The molecule has 0 aliphatic carbocycles. The Morgan fingerprint density at radius 2 is 1.98 bits per heavy atom. The summed E-state index contributed by atoms with van der Waals surface area (Å²) in [6.45, 7) is 9.53. The Labute approximate surface area is 236 Å². The van der Waals surface area contributed by atoms with Crippen LogP contribution >= 0.6 is 0 Å². The summed E-state index contributed by atoms with van der Waals surface area (Å²) in [5.74, 6) is 0.708. The summed E-state index contributed by atoms with van der Waals surface area (Å²) >= 11 is 0. The zero-order valence-electron chi connectivity index (χ0n) is 23.6. The number of hydrogen-bond donors (Lipinski definition) is 0. The van der Waals surface area contributed by atoms with Crippen molar-refractivity contribution in [2.75, 3.05) is 56.6 Å². The Morgan fingerprint density at radius 1 is 1.18 bits per heavy atom. The van der Waals surface area contributed by atoms with Gasteiger partial charge in [0, 0.05) is 49.4 Å². The van der Waals surface area contributed by atoms with Crippen LogP contribution in [-0.2, 0) is 17.8 Å². The van der Waals surface area contributed by atoms with Crippen molar-refractivity contribution >= 4 is 28.2 Å². The first kappa shape index (κ1) is 27.4. The highest BCUT2D eigenvalue weighted by Gasteiger charge is 2.33. The molecule has 9 nitrogen and oxygen atoms in total. The lowest BCUT2D eigenvalue weighted by atomic mass is 10.0. The number of benzene rings is 2. The van der Waals surface area contributed by atoms with Gasteiger partial charge >= 0.3 is 6.01 Å². The van der Waals surface area contributed by atoms with Crippen LogP contribution in [0.2, 0.25) is 0 Å². The third kappa shape index (κ3) is 5.73. The van der Waals surface area contributed by atoms with E-state index in [1.54, 1.807) is 4.90 Å². The monoisotopic (exact) mass is 539 g/mol. The molecule has 1 saturated heterocycles. The van der Waals surface area contributed by atoms with Crippen LogP contribution in [-0.4, -0.2) is 84.6 Å². The van der Waals surface area contributed by atoms with Crippen LogP contribution < -0.4 is 14.5 Å². The number of nitrogens with zero attached hydrogens (tertiary/aromatic N) is 7. The summed E-state index contributed by atoms with van der Waals surface area (Å²) < 4.78 is 6.25. The molecule has 1 unspecified atom stereocenters. The van der Waals surface area contributed by atoms with Gasteiger partial charge in [0.25, 0.3) is 0 Å². The summed E-state index contributed by atoms with van der Waals surface area (Å²) in [5.41, 5.74) is 3.26. The second kappa shape index (κ2) is 11.9. The number of carbonyl (C=O) groups excluding carboxylic acids is 1. The minimum atomic E-state index is -0.234. The second-order valence-electron chi connectivity index (χ2n) is 10.8. The highest BCUT2D eigenvalue weighted by atomic mass is 16.5. The maximum absolute atomic E-state index is 12.5. The lowest BCUT2D eigenvalue weighted by Crippen LogP contribution is -2.55. The molecule has 9 heteroatoms. The zero-order chi connectivity index (χ0) is 28.2. The van der Waals surface area contributed by atoms with Crippen molar-refractivity contribution in [2.24, 2.45) is 0 Å². The molecule has 3 heterocycles. The van der Waals surface area contributed by atoms with Crippen molar-refractivity contribution < 1.29 is 9.53 Å². The highest BCUT2D eigenvalue weighted by molar-refractivity contribution is 5.94. The standard InChI is InChI=1S/C31H37N7O2/c1-5-29(39)38-18-17-37(20-24(38)13-15-32)30-26-14-16-36(28-12-8-10-23-9-6-7-11-25(23)28)21-27(26)33-31(34-30)40-22(2)19-35(3)4/h5-12,22,24H,1,13-14,16-21H2,2-4H3/t22-,24?/m1/s1. The fourth-order valence-electron chi connectivity index (χ4n) is 5.86. The minimum Gasteiger partial charge on any atom is -0.459 e. The van der Waals surface area contributed by atoms with E-state index in [1.165, 1.54) is 22.5 Å². The molecule has 1 fully saturated rings. The predicted octanol–water partition coefficient (Wildman–Crippen LogP) is 3.64. The lowest BCUT2D eigenvalue weighted by Gasteiger charge is -2.42. The number of ether oxygens (including phenoxy) is 1. The van der Waals surface area contributed by atoms with Crippen LogP contribution in [0.25, 0.3) is 10.8 Å². The van der Waals surface area contributed by atoms with Crippen LogP contribution in [0.3, 0.4) is 0 Å². The molecule has 0 radical (unpaired) electrons. The predicted molar refractivity (Wildman–Crippen MR) is 158 cm³/mol. The second-order valence-corrected chi connectivity index (χ2v) is 10.8. The average molecular weight is 540 g/mol. The Bertz CT molecular complexity index is 1430. The molecule has 2 aromatic carbocycles. The molecule has 1 aromatic heterocycles. The van der Waals surface area contributed by atoms with E-state index in [0.29, 0.717) is 32.2 Å². The highest BCUT2D eigenvalue weighted by Crippen LogP contribution is 2.35. The van der Waals surface area contributed by atoms with E-state index in [2.05, 4.69) is 69.8 Å².